The van der Waals surface area contributed by atoms with Crippen LogP contribution >= 0.6 is 23.4 Å². The second-order valence-electron chi connectivity index (χ2n) is 5.45. The molecule has 1 atom stereocenters. The quantitative estimate of drug-likeness (QED) is 0.599. The van der Waals surface area contributed by atoms with Crippen LogP contribution in [0.15, 0.2) is 53.4 Å². The molecule has 1 aliphatic rings. The van der Waals surface area contributed by atoms with Crippen molar-refractivity contribution in [3.8, 4) is 5.75 Å². The third-order valence-electron chi connectivity index (χ3n) is 3.58. The number of carbonyl (C=O) groups is 2. The molecule has 25 heavy (non-hydrogen) atoms. The van der Waals surface area contributed by atoms with Gasteiger partial charge in [-0.25, -0.2) is 0 Å². The van der Waals surface area contributed by atoms with Crippen LogP contribution in [0.1, 0.15) is 6.42 Å². The summed E-state index contributed by atoms with van der Waals surface area (Å²) in [5.41, 5.74) is 0.628. The Morgan fingerprint density at radius 1 is 1.20 bits per heavy atom. The molecule has 2 aromatic carbocycles. The zero-order valence-corrected chi connectivity index (χ0v) is 14.9. The van der Waals surface area contributed by atoms with E-state index < -0.39 is 6.10 Å². The molecule has 1 heterocycles. The Bertz CT molecular complexity index is 767. The number of hydrogen-bond acceptors (Lipinski definition) is 4. The van der Waals surface area contributed by atoms with Gasteiger partial charge in [0.15, 0.2) is 6.10 Å². The van der Waals surface area contributed by atoms with E-state index in [1.165, 1.54) is 0 Å². The normalized spacial score (nSPS) is 15.7. The molecule has 0 saturated heterocycles. The second kappa shape index (κ2) is 8.27. The third-order valence-corrected chi connectivity index (χ3v) is 4.85. The van der Waals surface area contributed by atoms with E-state index in [1.54, 1.807) is 23.9 Å². The first-order valence-corrected chi connectivity index (χ1v) is 9.20. The summed E-state index contributed by atoms with van der Waals surface area (Å²) in [4.78, 5) is 25.1. The average molecular weight is 377 g/mol. The highest BCUT2D eigenvalue weighted by Gasteiger charge is 2.29. The van der Waals surface area contributed by atoms with Crippen LogP contribution in [0.2, 0.25) is 5.02 Å². The minimum absolute atomic E-state index is 0.00816. The van der Waals surface area contributed by atoms with Crippen LogP contribution in [-0.2, 0) is 9.59 Å². The van der Waals surface area contributed by atoms with Crippen LogP contribution in [0.25, 0.3) is 0 Å². The molecule has 2 amide bonds. The molecule has 2 N–H and O–H groups in total. The molecule has 0 bridgehead atoms. The minimum Gasteiger partial charge on any atom is -0.478 e. The van der Waals surface area contributed by atoms with Crippen LogP contribution in [0.4, 0.5) is 5.69 Å². The number of ether oxygens (including phenoxy) is 1. The number of anilines is 1. The fourth-order valence-corrected chi connectivity index (χ4v) is 3.25. The Morgan fingerprint density at radius 2 is 1.96 bits per heavy atom. The Labute approximate surface area is 155 Å². The van der Waals surface area contributed by atoms with Gasteiger partial charge >= 0.3 is 0 Å². The SMILES string of the molecule is O=C(C[C@H]1Oc2ccccc2NC1=O)NCCSc1ccc(Cl)cc1. The fourth-order valence-electron chi connectivity index (χ4n) is 2.36. The van der Waals surface area contributed by atoms with Crippen molar-refractivity contribution in [2.75, 3.05) is 17.6 Å². The number of rotatable bonds is 6. The van der Waals surface area contributed by atoms with E-state index in [2.05, 4.69) is 10.6 Å². The van der Waals surface area contributed by atoms with Crippen LogP contribution in [0.5, 0.6) is 5.75 Å². The van der Waals surface area contributed by atoms with Crippen molar-refractivity contribution in [1.29, 1.82) is 0 Å². The van der Waals surface area contributed by atoms with Gasteiger partial charge in [-0.15, -0.1) is 11.8 Å². The average Bonchev–Trinajstić information content (AvgIpc) is 2.61. The Kier molecular flexibility index (Phi) is 5.83. The van der Waals surface area contributed by atoms with Crippen molar-refractivity contribution in [3.05, 3.63) is 53.6 Å². The molecular formula is C18H17ClN2O3S. The van der Waals surface area contributed by atoms with E-state index in [0.29, 0.717) is 23.0 Å². The fraction of sp³-hybridized carbons (Fsp3) is 0.222. The van der Waals surface area contributed by atoms with Gasteiger partial charge in [-0.05, 0) is 36.4 Å². The Morgan fingerprint density at radius 3 is 2.76 bits per heavy atom. The number of benzene rings is 2. The number of amides is 2. The van der Waals surface area contributed by atoms with E-state index >= 15 is 0 Å². The van der Waals surface area contributed by atoms with E-state index in [1.807, 2.05) is 36.4 Å². The van der Waals surface area contributed by atoms with Gasteiger partial charge in [0.05, 0.1) is 12.1 Å². The second-order valence-corrected chi connectivity index (χ2v) is 7.05. The first kappa shape index (κ1) is 17.6. The molecule has 0 unspecified atom stereocenters. The molecule has 130 valence electrons. The maximum Gasteiger partial charge on any atom is 0.266 e. The number of para-hydroxylation sites is 2. The predicted octanol–water partition coefficient (Wildman–Crippen LogP) is 3.34. The lowest BCUT2D eigenvalue weighted by Gasteiger charge is -2.25. The summed E-state index contributed by atoms with van der Waals surface area (Å²) >= 11 is 7.46. The molecule has 3 rings (SSSR count). The summed E-state index contributed by atoms with van der Waals surface area (Å²) in [6.07, 6.45) is -0.815. The monoisotopic (exact) mass is 376 g/mol. The van der Waals surface area contributed by atoms with Gasteiger partial charge in [0.2, 0.25) is 5.91 Å². The molecule has 0 fully saturated rings. The lowest BCUT2D eigenvalue weighted by Crippen LogP contribution is -2.41. The lowest BCUT2D eigenvalue weighted by atomic mass is 10.1. The van der Waals surface area contributed by atoms with Gasteiger partial charge in [-0.2, -0.15) is 0 Å². The third kappa shape index (κ3) is 4.90. The van der Waals surface area contributed by atoms with Crippen molar-refractivity contribution >= 4 is 40.9 Å². The summed E-state index contributed by atoms with van der Waals surface area (Å²) in [6, 6.07) is 14.7. The highest BCUT2D eigenvalue weighted by atomic mass is 35.5. The smallest absolute Gasteiger partial charge is 0.266 e. The topological polar surface area (TPSA) is 67.4 Å². The number of nitrogens with one attached hydrogen (secondary N) is 2. The maximum absolute atomic E-state index is 12.0. The molecule has 0 aromatic heterocycles. The molecule has 0 radical (unpaired) electrons. The largest absolute Gasteiger partial charge is 0.478 e. The highest BCUT2D eigenvalue weighted by Crippen LogP contribution is 2.29. The molecule has 5 nitrogen and oxygen atoms in total. The van der Waals surface area contributed by atoms with Crippen molar-refractivity contribution in [1.82, 2.24) is 5.32 Å². The molecule has 1 aliphatic heterocycles. The molecule has 0 spiro atoms. The summed E-state index contributed by atoms with van der Waals surface area (Å²) in [5.74, 6) is 0.798. The lowest BCUT2D eigenvalue weighted by molar-refractivity contribution is -0.130. The van der Waals surface area contributed by atoms with Crippen molar-refractivity contribution in [2.45, 2.75) is 17.4 Å². The molecular weight excluding hydrogens is 360 g/mol. The van der Waals surface area contributed by atoms with Crippen molar-refractivity contribution < 1.29 is 14.3 Å². The molecule has 0 aliphatic carbocycles. The summed E-state index contributed by atoms with van der Waals surface area (Å²) in [6.45, 7) is 0.511. The van der Waals surface area contributed by atoms with E-state index in [-0.39, 0.29) is 18.2 Å². The van der Waals surface area contributed by atoms with Crippen molar-refractivity contribution in [2.24, 2.45) is 0 Å². The maximum atomic E-state index is 12.0. The molecule has 7 heteroatoms. The van der Waals surface area contributed by atoms with Crippen LogP contribution < -0.4 is 15.4 Å². The van der Waals surface area contributed by atoms with Gasteiger partial charge in [-0.3, -0.25) is 9.59 Å². The number of hydrogen-bond donors (Lipinski definition) is 2. The number of fused-ring (bicyclic) bond motifs is 1. The minimum atomic E-state index is -0.807. The Balaban J connectivity index is 1.42. The summed E-state index contributed by atoms with van der Waals surface area (Å²) in [7, 11) is 0. The highest BCUT2D eigenvalue weighted by molar-refractivity contribution is 7.99. The van der Waals surface area contributed by atoms with Gasteiger partial charge in [0, 0.05) is 22.2 Å². The summed E-state index contributed by atoms with van der Waals surface area (Å²) in [5, 5.41) is 6.26. The number of carbonyl (C=O) groups excluding carboxylic acids is 2. The van der Waals surface area contributed by atoms with E-state index in [9.17, 15) is 9.59 Å². The van der Waals surface area contributed by atoms with E-state index in [0.717, 1.165) is 10.6 Å². The van der Waals surface area contributed by atoms with Crippen molar-refractivity contribution in [3.63, 3.8) is 0 Å². The van der Waals surface area contributed by atoms with Crippen LogP contribution in [0, 0.1) is 0 Å². The first-order chi connectivity index (χ1) is 12.1. The van der Waals surface area contributed by atoms with Crippen LogP contribution in [-0.4, -0.2) is 30.2 Å². The van der Waals surface area contributed by atoms with E-state index in [4.69, 9.17) is 16.3 Å². The zero-order valence-electron chi connectivity index (χ0n) is 13.3. The Hall–Kier alpha value is -2.18. The van der Waals surface area contributed by atoms with Gasteiger partial charge < -0.3 is 15.4 Å². The summed E-state index contributed by atoms with van der Waals surface area (Å²) < 4.78 is 5.61. The zero-order chi connectivity index (χ0) is 17.6. The first-order valence-electron chi connectivity index (χ1n) is 7.83. The standard InChI is InChI=1S/C18H17ClN2O3S/c19-12-5-7-13(8-6-12)25-10-9-20-17(22)11-16-18(23)21-14-3-1-2-4-15(14)24-16/h1-8,16H,9-11H2,(H,20,22)(H,21,23)/t16-/m1/s1. The van der Waals surface area contributed by atoms with Gasteiger partial charge in [0.25, 0.3) is 5.91 Å². The van der Waals surface area contributed by atoms with Crippen LogP contribution in [0.3, 0.4) is 0 Å². The molecule has 0 saturated carbocycles. The molecule has 2 aromatic rings. The number of halogens is 1. The van der Waals surface area contributed by atoms with Gasteiger partial charge in [-0.1, -0.05) is 23.7 Å². The predicted molar refractivity (Wildman–Crippen MR) is 99.3 cm³/mol. The number of thioether (sulfide) groups is 1. The van der Waals surface area contributed by atoms with Gasteiger partial charge in [0.1, 0.15) is 5.75 Å².